The number of furan rings is 1. The van der Waals surface area contributed by atoms with Crippen molar-refractivity contribution in [2.45, 2.75) is 65.3 Å². The van der Waals surface area contributed by atoms with Gasteiger partial charge in [-0.05, 0) is 37.8 Å². The molecule has 8 heteroatoms. The highest BCUT2D eigenvalue weighted by Crippen LogP contribution is 2.72. The lowest BCUT2D eigenvalue weighted by molar-refractivity contribution is -0.198. The maximum Gasteiger partial charge on any atom is 0.316 e. The summed E-state index contributed by atoms with van der Waals surface area (Å²) in [7, 11) is 3.24. The SMILES string of the molecule is CNc1cocc1[C@@H]1C[C@H]2O[C@@H]3[C@@H]4OC(=O)[C@]5(C)C=CC(=O)[C@](C)([C@@H](C(C)C(=O)OC)[C@]3(C)C2=C1C)[C@@H]45. The van der Waals surface area contributed by atoms with Crippen LogP contribution >= 0.6 is 0 Å². The van der Waals surface area contributed by atoms with Crippen molar-refractivity contribution in [3.05, 3.63) is 41.4 Å². The quantitative estimate of drug-likeness (QED) is 0.479. The molecule has 3 aliphatic carbocycles. The second-order valence-corrected chi connectivity index (χ2v) is 12.1. The number of anilines is 1. The molecule has 1 aromatic heterocycles. The molecule has 0 bridgehead atoms. The highest BCUT2D eigenvalue weighted by molar-refractivity contribution is 6.00. The van der Waals surface area contributed by atoms with Crippen LogP contribution in [-0.2, 0) is 28.6 Å². The lowest BCUT2D eigenvalue weighted by Gasteiger charge is -2.60. The molecular weight excluding hydrogens is 474 g/mol. The van der Waals surface area contributed by atoms with Crippen LogP contribution in [0, 0.1) is 34.0 Å². The van der Waals surface area contributed by atoms with Crippen LogP contribution in [0.4, 0.5) is 5.69 Å². The van der Waals surface area contributed by atoms with E-state index in [9.17, 15) is 14.4 Å². The van der Waals surface area contributed by atoms with E-state index in [1.54, 1.807) is 18.6 Å². The smallest absolute Gasteiger partial charge is 0.316 e. The van der Waals surface area contributed by atoms with Gasteiger partial charge in [0.2, 0.25) is 0 Å². The molecule has 198 valence electrons. The fraction of sp³-hybridized carbons (Fsp3) is 0.621. The fourth-order valence-electron chi connectivity index (χ4n) is 9.29. The number of carbonyl (C=O) groups is 3. The Morgan fingerprint density at radius 1 is 1.19 bits per heavy atom. The van der Waals surface area contributed by atoms with E-state index in [-0.39, 0.29) is 29.7 Å². The molecule has 0 radical (unpaired) electrons. The first-order chi connectivity index (χ1) is 17.5. The van der Waals surface area contributed by atoms with Crippen molar-refractivity contribution in [2.24, 2.45) is 34.0 Å². The average Bonchev–Trinajstić information content (AvgIpc) is 3.59. The van der Waals surface area contributed by atoms with Gasteiger partial charge in [-0.2, -0.15) is 0 Å². The number of rotatable bonds is 4. The summed E-state index contributed by atoms with van der Waals surface area (Å²) in [5.74, 6) is -2.25. The summed E-state index contributed by atoms with van der Waals surface area (Å²) in [4.78, 5) is 40.4. The Balaban J connectivity index is 1.59. The number of hydrogen-bond acceptors (Lipinski definition) is 8. The summed E-state index contributed by atoms with van der Waals surface area (Å²) < 4.78 is 23.7. The molecular formula is C29H35NO7. The molecule has 5 aliphatic rings. The van der Waals surface area contributed by atoms with E-state index in [1.165, 1.54) is 13.2 Å². The first-order valence-corrected chi connectivity index (χ1v) is 13.1. The highest BCUT2D eigenvalue weighted by atomic mass is 16.6. The van der Waals surface area contributed by atoms with Gasteiger partial charge in [-0.1, -0.05) is 32.4 Å². The van der Waals surface area contributed by atoms with Gasteiger partial charge in [0.15, 0.2) is 5.78 Å². The summed E-state index contributed by atoms with van der Waals surface area (Å²) in [6, 6.07) is 0. The lowest BCUT2D eigenvalue weighted by Crippen LogP contribution is -2.67. The van der Waals surface area contributed by atoms with E-state index < -0.39 is 46.2 Å². The minimum absolute atomic E-state index is 0.0666. The van der Waals surface area contributed by atoms with Crippen LogP contribution < -0.4 is 5.32 Å². The van der Waals surface area contributed by atoms with Crippen LogP contribution in [0.3, 0.4) is 0 Å². The van der Waals surface area contributed by atoms with Gasteiger partial charge >= 0.3 is 11.9 Å². The Morgan fingerprint density at radius 2 is 1.92 bits per heavy atom. The molecule has 10 atom stereocenters. The van der Waals surface area contributed by atoms with E-state index >= 15 is 0 Å². The Bertz CT molecular complexity index is 1280. The number of ether oxygens (including phenoxy) is 3. The van der Waals surface area contributed by atoms with Gasteiger partial charge in [-0.25, -0.2) is 0 Å². The Morgan fingerprint density at radius 3 is 2.59 bits per heavy atom. The van der Waals surface area contributed by atoms with Crippen molar-refractivity contribution in [3.8, 4) is 0 Å². The van der Waals surface area contributed by atoms with Crippen LogP contribution in [0.2, 0.25) is 0 Å². The molecule has 3 fully saturated rings. The predicted octanol–water partition coefficient (Wildman–Crippen LogP) is 4.03. The molecule has 8 nitrogen and oxygen atoms in total. The monoisotopic (exact) mass is 509 g/mol. The molecule has 6 rings (SSSR count). The van der Waals surface area contributed by atoms with Gasteiger partial charge < -0.3 is 23.9 Å². The zero-order chi connectivity index (χ0) is 26.7. The standard InChI is InChI=1S/C29H35NO7/c1-13-15(16-11-35-12-17(16)30-6)10-18-20(13)29(5)22(14(2)25(32)34-7)28(4)19(31)8-9-27(3)23(28)21(24(29)36-18)37-26(27)33/h8-9,11-12,14-15,18,21-24,30H,10H2,1-7H3/t14?,15-,18-,21-,22-,23+,24-,27-,28-,29+/m1/s1. The molecule has 0 amide bonds. The van der Waals surface area contributed by atoms with Crippen molar-refractivity contribution < 1.29 is 33.0 Å². The number of hydrogen-bond donors (Lipinski definition) is 1. The summed E-state index contributed by atoms with van der Waals surface area (Å²) in [6.45, 7) is 9.83. The first kappa shape index (κ1) is 24.5. The van der Waals surface area contributed by atoms with E-state index in [4.69, 9.17) is 18.6 Å². The number of esters is 2. The zero-order valence-electron chi connectivity index (χ0n) is 22.4. The molecule has 37 heavy (non-hydrogen) atoms. The van der Waals surface area contributed by atoms with Gasteiger partial charge in [-0.3, -0.25) is 14.4 Å². The van der Waals surface area contributed by atoms with Crippen LogP contribution in [0.1, 0.15) is 52.5 Å². The normalized spacial score (nSPS) is 44.3. The van der Waals surface area contributed by atoms with Gasteiger partial charge in [0.1, 0.15) is 18.5 Å². The number of nitrogens with one attached hydrogen (secondary N) is 1. The number of methoxy groups -OCH3 is 1. The minimum Gasteiger partial charge on any atom is -0.470 e. The number of fused-ring (bicyclic) bond motifs is 4. The Kier molecular flexibility index (Phi) is 5.02. The average molecular weight is 510 g/mol. The van der Waals surface area contributed by atoms with Crippen LogP contribution in [0.25, 0.3) is 0 Å². The molecule has 2 saturated heterocycles. The molecule has 2 aliphatic heterocycles. The number of allylic oxidation sites excluding steroid dienone is 2. The third-order valence-corrected chi connectivity index (χ3v) is 10.6. The van der Waals surface area contributed by atoms with Gasteiger partial charge in [0, 0.05) is 35.3 Å². The van der Waals surface area contributed by atoms with E-state index in [0.717, 1.165) is 22.4 Å². The second-order valence-electron chi connectivity index (χ2n) is 12.1. The van der Waals surface area contributed by atoms with Crippen molar-refractivity contribution in [3.63, 3.8) is 0 Å². The van der Waals surface area contributed by atoms with Gasteiger partial charge in [0.25, 0.3) is 0 Å². The summed E-state index contributed by atoms with van der Waals surface area (Å²) >= 11 is 0. The molecule has 1 saturated carbocycles. The van der Waals surface area contributed by atoms with Gasteiger partial charge in [0.05, 0.1) is 36.5 Å². The maximum absolute atomic E-state index is 13.9. The first-order valence-electron chi connectivity index (χ1n) is 13.1. The van der Waals surface area contributed by atoms with Crippen molar-refractivity contribution in [1.29, 1.82) is 0 Å². The van der Waals surface area contributed by atoms with Crippen molar-refractivity contribution in [1.82, 2.24) is 0 Å². The fourth-order valence-corrected chi connectivity index (χ4v) is 9.29. The highest BCUT2D eigenvalue weighted by Gasteiger charge is 2.78. The summed E-state index contributed by atoms with van der Waals surface area (Å²) in [6.07, 6.45) is 6.13. The lowest BCUT2D eigenvalue weighted by atomic mass is 9.40. The van der Waals surface area contributed by atoms with E-state index in [1.807, 2.05) is 27.8 Å². The van der Waals surface area contributed by atoms with Crippen LogP contribution in [0.15, 0.2) is 40.2 Å². The molecule has 1 N–H and O–H groups in total. The second kappa shape index (κ2) is 7.59. The van der Waals surface area contributed by atoms with E-state index in [0.29, 0.717) is 6.42 Å². The Labute approximate surface area is 216 Å². The molecule has 1 aromatic rings. The summed E-state index contributed by atoms with van der Waals surface area (Å²) in [5, 5.41) is 3.21. The van der Waals surface area contributed by atoms with E-state index in [2.05, 4.69) is 19.2 Å². The topological polar surface area (TPSA) is 104 Å². The van der Waals surface area contributed by atoms with Crippen molar-refractivity contribution in [2.75, 3.05) is 19.5 Å². The van der Waals surface area contributed by atoms with Gasteiger partial charge in [-0.15, -0.1) is 0 Å². The molecule has 3 heterocycles. The maximum atomic E-state index is 13.9. The minimum atomic E-state index is -1.03. The van der Waals surface area contributed by atoms with Crippen LogP contribution in [-0.4, -0.2) is 50.2 Å². The largest absolute Gasteiger partial charge is 0.470 e. The zero-order valence-corrected chi connectivity index (χ0v) is 22.4. The third kappa shape index (κ3) is 2.70. The molecule has 0 aromatic carbocycles. The van der Waals surface area contributed by atoms with Crippen molar-refractivity contribution >= 4 is 23.4 Å². The number of ketones is 1. The molecule has 1 unspecified atom stereocenters. The summed E-state index contributed by atoms with van der Waals surface area (Å²) in [5.41, 5.74) is 1.52. The molecule has 0 spiro atoms. The van der Waals surface area contributed by atoms with Crippen LogP contribution in [0.5, 0.6) is 0 Å². The predicted molar refractivity (Wildman–Crippen MR) is 133 cm³/mol. The Hall–Kier alpha value is -2.87. The third-order valence-electron chi connectivity index (χ3n) is 10.6. The number of carbonyl (C=O) groups excluding carboxylic acids is 3.